The molecule has 0 radical (unpaired) electrons. The molecule has 9 aromatic carbocycles. The predicted octanol–water partition coefficient (Wildman–Crippen LogP) is 17.0. The standard InChI is InChI=1S/C68H48N4O/c1-4-63(47-22-10-6-11-23-47)73-67-44(2)19-18-28-55(67)52-32-31-51-43-54(38-35-50(51)42-52)72-62-30-17-15-27-57(62)59-40-39-58-56-26-14-16-29-61(56)71(65(58)66(59)72)53-36-33-49(34-37-53)68-69-60(46-20-8-5-9-21-46)41-45(3)64(70-68)48-24-12-7-13-25-48/h5-25,27-40,42-43,56H,1,26H2,2-3H3. The second-order valence-electron chi connectivity index (χ2n) is 18.8. The lowest BCUT2D eigenvalue weighted by Crippen LogP contribution is -2.15. The van der Waals surface area contributed by atoms with Gasteiger partial charge in [-0.2, -0.15) is 0 Å². The van der Waals surface area contributed by atoms with Gasteiger partial charge in [0.25, 0.3) is 0 Å². The first-order valence-corrected chi connectivity index (χ1v) is 24.9. The van der Waals surface area contributed by atoms with E-state index in [9.17, 15) is 0 Å². The number of nitrogens with zero attached hydrogens (tertiary/aromatic N) is 4. The van der Waals surface area contributed by atoms with E-state index in [-0.39, 0.29) is 5.92 Å². The molecule has 1 atom stereocenters. The largest absolute Gasteiger partial charge is 0.448 e. The number of rotatable bonds is 9. The predicted molar refractivity (Wildman–Crippen MR) is 303 cm³/mol. The number of fused-ring (bicyclic) bond motifs is 8. The third-order valence-electron chi connectivity index (χ3n) is 14.4. The number of aryl methyl sites for hydroxylation is 1. The highest BCUT2D eigenvalue weighted by molar-refractivity contribution is 6.21. The van der Waals surface area contributed by atoms with Crippen LogP contribution in [0.25, 0.3) is 60.8 Å². The van der Waals surface area contributed by atoms with Gasteiger partial charge in [0, 0.05) is 67.2 Å². The molecule has 0 bridgehead atoms. The first kappa shape index (κ1) is 43.5. The fourth-order valence-electron chi connectivity index (χ4n) is 10.9. The number of aliphatic imine (C=N–C) groups is 2. The fourth-order valence-corrected chi connectivity index (χ4v) is 10.9. The number of allylic oxidation sites excluding steroid dienone is 5. The van der Waals surface area contributed by atoms with Gasteiger partial charge < -0.3 is 14.2 Å². The summed E-state index contributed by atoms with van der Waals surface area (Å²) in [7, 11) is 0. The van der Waals surface area contributed by atoms with Crippen molar-refractivity contribution >= 4 is 67.0 Å². The van der Waals surface area contributed by atoms with Gasteiger partial charge in [0.1, 0.15) is 11.4 Å². The Morgan fingerprint density at radius 1 is 0.630 bits per heavy atom. The Morgan fingerprint density at radius 3 is 2.12 bits per heavy atom. The van der Waals surface area contributed by atoms with E-state index in [0.29, 0.717) is 11.6 Å². The lowest BCUT2D eigenvalue weighted by molar-refractivity contribution is 0.514. The molecule has 73 heavy (non-hydrogen) atoms. The summed E-state index contributed by atoms with van der Waals surface area (Å²) in [6, 6.07) is 72.9. The molecule has 2 aliphatic heterocycles. The Labute approximate surface area is 425 Å². The Kier molecular flexibility index (Phi) is 10.7. The van der Waals surface area contributed by atoms with E-state index in [1.807, 2.05) is 54.6 Å². The van der Waals surface area contributed by atoms with Gasteiger partial charge in [-0.15, -0.1) is 0 Å². The van der Waals surface area contributed by atoms with Crippen LogP contribution in [0, 0.1) is 6.92 Å². The van der Waals surface area contributed by atoms with Crippen LogP contribution in [0.1, 0.15) is 52.6 Å². The van der Waals surface area contributed by atoms with Crippen molar-refractivity contribution in [1.29, 1.82) is 0 Å². The summed E-state index contributed by atoms with van der Waals surface area (Å²) >= 11 is 0. The molecule has 0 amide bonds. The third kappa shape index (κ3) is 7.60. The summed E-state index contributed by atoms with van der Waals surface area (Å²) < 4.78 is 9.12. The molecular formula is C68H48N4O. The maximum Gasteiger partial charge on any atom is 0.176 e. The normalized spacial score (nSPS) is 14.9. The number of para-hydroxylation sites is 2. The zero-order valence-corrected chi connectivity index (χ0v) is 40.6. The van der Waals surface area contributed by atoms with Crippen LogP contribution in [-0.4, -0.2) is 16.1 Å². The van der Waals surface area contributed by atoms with Crippen molar-refractivity contribution < 1.29 is 4.74 Å². The van der Waals surface area contributed by atoms with Crippen molar-refractivity contribution in [2.45, 2.75) is 26.2 Å². The minimum absolute atomic E-state index is 0.212. The number of aromatic nitrogens is 1. The highest BCUT2D eigenvalue weighted by atomic mass is 16.5. The van der Waals surface area contributed by atoms with Crippen LogP contribution in [0.15, 0.2) is 264 Å². The molecular weight excluding hydrogens is 889 g/mol. The van der Waals surface area contributed by atoms with Gasteiger partial charge in [0.2, 0.25) is 0 Å². The quantitative estimate of drug-likeness (QED) is 0.107. The molecule has 346 valence electrons. The first-order valence-electron chi connectivity index (χ1n) is 24.9. The van der Waals surface area contributed by atoms with E-state index in [4.69, 9.17) is 14.7 Å². The second kappa shape index (κ2) is 18.0. The molecule has 0 fully saturated rings. The molecule has 10 aromatic rings. The summed E-state index contributed by atoms with van der Waals surface area (Å²) in [6.07, 6.45) is 7.73. The Bertz CT molecular complexity index is 4120. The van der Waals surface area contributed by atoms with Crippen LogP contribution in [0.3, 0.4) is 0 Å². The van der Waals surface area contributed by atoms with Crippen LogP contribution < -0.4 is 9.64 Å². The number of amidine groups is 1. The average Bonchev–Trinajstić information content (AvgIpc) is 3.91. The van der Waals surface area contributed by atoms with Crippen molar-refractivity contribution in [1.82, 2.24) is 4.57 Å². The molecule has 1 aliphatic carbocycles. The molecule has 5 heteroatoms. The number of anilines is 2. The molecule has 3 heterocycles. The van der Waals surface area contributed by atoms with E-state index >= 15 is 0 Å². The highest BCUT2D eigenvalue weighted by Crippen LogP contribution is 2.55. The topological polar surface area (TPSA) is 42.1 Å². The van der Waals surface area contributed by atoms with Gasteiger partial charge >= 0.3 is 0 Å². The Hall–Kier alpha value is -9.50. The third-order valence-corrected chi connectivity index (χ3v) is 14.4. The maximum atomic E-state index is 6.63. The van der Waals surface area contributed by atoms with Crippen LogP contribution in [0.2, 0.25) is 0 Å². The summed E-state index contributed by atoms with van der Waals surface area (Å²) in [4.78, 5) is 13.0. The second-order valence-corrected chi connectivity index (χ2v) is 18.8. The zero-order valence-electron chi connectivity index (χ0n) is 40.6. The van der Waals surface area contributed by atoms with E-state index in [1.54, 1.807) is 0 Å². The average molecular weight is 937 g/mol. The van der Waals surface area contributed by atoms with E-state index in [0.717, 1.165) is 95.8 Å². The molecule has 1 unspecified atom stereocenters. The van der Waals surface area contributed by atoms with E-state index < -0.39 is 0 Å². The van der Waals surface area contributed by atoms with Crippen LogP contribution in [-0.2, 0) is 0 Å². The van der Waals surface area contributed by atoms with Crippen LogP contribution in [0.4, 0.5) is 11.4 Å². The first-order chi connectivity index (χ1) is 36.0. The molecule has 3 aliphatic rings. The van der Waals surface area contributed by atoms with E-state index in [2.05, 4.69) is 211 Å². The molecule has 0 N–H and O–H groups in total. The molecule has 5 nitrogen and oxygen atoms in total. The summed E-state index contributed by atoms with van der Waals surface area (Å²) in [5.74, 6) is 2.25. The van der Waals surface area contributed by atoms with E-state index in [1.165, 1.54) is 33.2 Å². The number of ether oxygens (including phenoxy) is 1. The molecule has 13 rings (SSSR count). The SMILES string of the molecule is C=C=C(Oc1c(C)cccc1-c1ccc2cc(-n3c4ccccc4c4ccc5c(c43)N(c3ccc(C4=NC(c6ccccc6)=C=C(C)C(c6ccccc6)=N4)cc3)C3=CC=CCC35)ccc2c1)c1ccccc1. The van der Waals surface area contributed by atoms with Gasteiger partial charge in [-0.05, 0) is 102 Å². The molecule has 1 aromatic heterocycles. The monoisotopic (exact) mass is 936 g/mol. The number of benzene rings is 9. The van der Waals surface area contributed by atoms with Crippen LogP contribution in [0.5, 0.6) is 5.75 Å². The van der Waals surface area contributed by atoms with Gasteiger partial charge in [0.05, 0.1) is 22.4 Å². The van der Waals surface area contributed by atoms with Gasteiger partial charge in [-0.25, -0.2) is 9.98 Å². The maximum absolute atomic E-state index is 6.63. The smallest absolute Gasteiger partial charge is 0.176 e. The van der Waals surface area contributed by atoms with Crippen molar-refractivity contribution in [3.8, 4) is 22.6 Å². The lowest BCUT2D eigenvalue weighted by atomic mass is 9.91. The van der Waals surface area contributed by atoms with Gasteiger partial charge in [-0.1, -0.05) is 188 Å². The van der Waals surface area contributed by atoms with Crippen molar-refractivity contribution in [3.63, 3.8) is 0 Å². The minimum Gasteiger partial charge on any atom is -0.448 e. The fraction of sp³-hybridized carbons (Fsp3) is 0.0588. The number of hydrogen-bond acceptors (Lipinski definition) is 4. The molecule has 0 saturated heterocycles. The molecule has 0 saturated carbocycles. The Morgan fingerprint density at radius 2 is 1.33 bits per heavy atom. The number of hydrogen-bond donors (Lipinski definition) is 0. The lowest BCUT2D eigenvalue weighted by Gasteiger charge is -2.25. The van der Waals surface area contributed by atoms with Crippen molar-refractivity contribution in [2.24, 2.45) is 9.98 Å². The highest BCUT2D eigenvalue weighted by Gasteiger charge is 2.38. The Balaban J connectivity index is 0.923. The zero-order chi connectivity index (χ0) is 49.0. The summed E-state index contributed by atoms with van der Waals surface area (Å²) in [5.41, 5.74) is 24.5. The van der Waals surface area contributed by atoms with Gasteiger partial charge in [-0.3, -0.25) is 0 Å². The van der Waals surface area contributed by atoms with Crippen LogP contribution >= 0.6 is 0 Å². The van der Waals surface area contributed by atoms with Gasteiger partial charge in [0.15, 0.2) is 11.6 Å². The summed E-state index contributed by atoms with van der Waals surface area (Å²) in [6.45, 7) is 8.12. The minimum atomic E-state index is 0.212. The van der Waals surface area contributed by atoms with Crippen molar-refractivity contribution in [3.05, 3.63) is 287 Å². The summed E-state index contributed by atoms with van der Waals surface area (Å²) in [5, 5.41) is 4.72. The van der Waals surface area contributed by atoms with Crippen molar-refractivity contribution in [2.75, 3.05) is 4.90 Å². The molecule has 0 spiro atoms.